The number of hydrogen-bond acceptors (Lipinski definition) is 5. The molecule has 0 spiro atoms. The van der Waals surface area contributed by atoms with Crippen molar-refractivity contribution in [1.29, 1.82) is 0 Å². The molecule has 0 saturated carbocycles. The van der Waals surface area contributed by atoms with Gasteiger partial charge in [0.05, 0.1) is 18.1 Å². The number of rotatable bonds is 6. The minimum absolute atomic E-state index is 0.501. The summed E-state index contributed by atoms with van der Waals surface area (Å²) in [5.74, 6) is 1.26. The largest absolute Gasteiger partial charge is 0.437 e. The zero-order valence-corrected chi connectivity index (χ0v) is 12.1. The average Bonchev–Trinajstić information content (AvgIpc) is 2.47. The zero-order chi connectivity index (χ0) is 14.4. The molecule has 0 atom stereocenters. The molecule has 0 amide bonds. The van der Waals surface area contributed by atoms with Crippen LogP contribution in [0.3, 0.4) is 0 Å². The number of hydrogen-bond donors (Lipinski definition) is 1. The van der Waals surface area contributed by atoms with E-state index in [1.54, 1.807) is 12.4 Å². The Morgan fingerprint density at radius 1 is 1.20 bits per heavy atom. The molecule has 5 heteroatoms. The van der Waals surface area contributed by atoms with E-state index < -0.39 is 0 Å². The summed E-state index contributed by atoms with van der Waals surface area (Å²) in [6, 6.07) is 7.85. The SMILES string of the molecule is CCNCc1cnc(Oc2cccc(N(C)C)c2)cn1. The van der Waals surface area contributed by atoms with Gasteiger partial charge in [0.2, 0.25) is 5.88 Å². The highest BCUT2D eigenvalue weighted by molar-refractivity contribution is 5.49. The smallest absolute Gasteiger partial charge is 0.237 e. The molecule has 5 nitrogen and oxygen atoms in total. The zero-order valence-electron chi connectivity index (χ0n) is 12.1. The molecule has 1 aromatic carbocycles. The van der Waals surface area contributed by atoms with Crippen molar-refractivity contribution in [2.75, 3.05) is 25.5 Å². The highest BCUT2D eigenvalue weighted by Gasteiger charge is 2.02. The van der Waals surface area contributed by atoms with Crippen molar-refractivity contribution in [1.82, 2.24) is 15.3 Å². The molecular weight excluding hydrogens is 252 g/mol. The Bertz CT molecular complexity index is 540. The molecule has 0 radical (unpaired) electrons. The Kier molecular flexibility index (Phi) is 4.90. The Morgan fingerprint density at radius 3 is 2.70 bits per heavy atom. The van der Waals surface area contributed by atoms with Crippen molar-refractivity contribution in [3.63, 3.8) is 0 Å². The van der Waals surface area contributed by atoms with Crippen molar-refractivity contribution >= 4 is 5.69 Å². The predicted octanol–water partition coefficient (Wildman–Crippen LogP) is 2.44. The summed E-state index contributed by atoms with van der Waals surface area (Å²) >= 11 is 0. The average molecular weight is 272 g/mol. The van der Waals surface area contributed by atoms with E-state index in [2.05, 4.69) is 22.2 Å². The van der Waals surface area contributed by atoms with Crippen LogP contribution < -0.4 is 15.0 Å². The van der Waals surface area contributed by atoms with Gasteiger partial charge in [-0.15, -0.1) is 0 Å². The van der Waals surface area contributed by atoms with Crippen LogP contribution in [0.25, 0.3) is 0 Å². The molecule has 1 heterocycles. The standard InChI is InChI=1S/C15H20N4O/c1-4-16-9-12-10-18-15(11-17-12)20-14-7-5-6-13(8-14)19(2)3/h5-8,10-11,16H,4,9H2,1-3H3. The third kappa shape index (κ3) is 3.93. The second-order valence-electron chi connectivity index (χ2n) is 4.62. The summed E-state index contributed by atoms with van der Waals surface area (Å²) in [4.78, 5) is 10.6. The summed E-state index contributed by atoms with van der Waals surface area (Å²) < 4.78 is 5.71. The summed E-state index contributed by atoms with van der Waals surface area (Å²) in [5.41, 5.74) is 1.99. The first-order chi connectivity index (χ1) is 9.69. The van der Waals surface area contributed by atoms with Gasteiger partial charge in [-0.3, -0.25) is 4.98 Å². The number of nitrogens with one attached hydrogen (secondary N) is 1. The second kappa shape index (κ2) is 6.86. The monoisotopic (exact) mass is 272 g/mol. The van der Waals surface area contributed by atoms with Gasteiger partial charge in [0.25, 0.3) is 0 Å². The van der Waals surface area contributed by atoms with Crippen LogP contribution in [0.2, 0.25) is 0 Å². The first-order valence-corrected chi connectivity index (χ1v) is 6.66. The van der Waals surface area contributed by atoms with E-state index in [1.165, 1.54) is 0 Å². The lowest BCUT2D eigenvalue weighted by atomic mass is 10.3. The third-order valence-electron chi connectivity index (χ3n) is 2.79. The fourth-order valence-electron chi connectivity index (χ4n) is 1.69. The van der Waals surface area contributed by atoms with Gasteiger partial charge in [0.15, 0.2) is 0 Å². The molecule has 0 saturated heterocycles. The molecule has 1 aromatic heterocycles. The van der Waals surface area contributed by atoms with Gasteiger partial charge in [-0.2, -0.15) is 0 Å². The number of ether oxygens (including phenoxy) is 1. The van der Waals surface area contributed by atoms with Crippen molar-refractivity contribution in [2.24, 2.45) is 0 Å². The third-order valence-corrected chi connectivity index (χ3v) is 2.79. The lowest BCUT2D eigenvalue weighted by molar-refractivity contribution is 0.459. The summed E-state index contributed by atoms with van der Waals surface area (Å²) in [6.07, 6.45) is 3.38. The first kappa shape index (κ1) is 14.3. The molecule has 0 aliphatic carbocycles. The molecular formula is C15H20N4O. The first-order valence-electron chi connectivity index (χ1n) is 6.66. The summed E-state index contributed by atoms with van der Waals surface area (Å²) in [5, 5.41) is 3.20. The van der Waals surface area contributed by atoms with Crippen molar-refractivity contribution in [2.45, 2.75) is 13.5 Å². The molecule has 0 bridgehead atoms. The van der Waals surface area contributed by atoms with Gasteiger partial charge in [-0.1, -0.05) is 13.0 Å². The van der Waals surface area contributed by atoms with Crippen molar-refractivity contribution in [3.05, 3.63) is 42.4 Å². The highest BCUT2D eigenvalue weighted by Crippen LogP contribution is 2.23. The van der Waals surface area contributed by atoms with E-state index in [-0.39, 0.29) is 0 Å². The van der Waals surface area contributed by atoms with Gasteiger partial charge in [-0.05, 0) is 18.7 Å². The van der Waals surface area contributed by atoms with E-state index in [1.807, 2.05) is 43.3 Å². The van der Waals surface area contributed by atoms with E-state index in [9.17, 15) is 0 Å². The number of benzene rings is 1. The van der Waals surface area contributed by atoms with Crippen LogP contribution in [0, 0.1) is 0 Å². The summed E-state index contributed by atoms with van der Waals surface area (Å²) in [6.45, 7) is 3.69. The molecule has 1 N–H and O–H groups in total. The van der Waals surface area contributed by atoms with Gasteiger partial charge in [-0.25, -0.2) is 4.98 Å². The molecule has 0 fully saturated rings. The predicted molar refractivity (Wildman–Crippen MR) is 80.3 cm³/mol. The van der Waals surface area contributed by atoms with Gasteiger partial charge in [0, 0.05) is 32.4 Å². The molecule has 2 rings (SSSR count). The Hall–Kier alpha value is -2.14. The van der Waals surface area contributed by atoms with E-state index in [0.29, 0.717) is 5.88 Å². The fourth-order valence-corrected chi connectivity index (χ4v) is 1.69. The van der Waals surface area contributed by atoms with E-state index in [0.717, 1.165) is 30.2 Å². The molecule has 0 aliphatic rings. The maximum Gasteiger partial charge on any atom is 0.237 e. The topological polar surface area (TPSA) is 50.3 Å². The van der Waals surface area contributed by atoms with Crippen molar-refractivity contribution < 1.29 is 4.74 Å². The van der Waals surface area contributed by atoms with Gasteiger partial charge < -0.3 is 15.0 Å². The van der Waals surface area contributed by atoms with E-state index in [4.69, 9.17) is 4.74 Å². The lowest BCUT2D eigenvalue weighted by Gasteiger charge is -2.13. The minimum Gasteiger partial charge on any atom is -0.437 e. The van der Waals surface area contributed by atoms with Crippen LogP contribution in [0.4, 0.5) is 5.69 Å². The molecule has 0 aliphatic heterocycles. The maximum atomic E-state index is 5.71. The number of anilines is 1. The van der Waals surface area contributed by atoms with Crippen LogP contribution in [0.1, 0.15) is 12.6 Å². The lowest BCUT2D eigenvalue weighted by Crippen LogP contribution is -2.13. The highest BCUT2D eigenvalue weighted by atomic mass is 16.5. The Labute approximate surface area is 119 Å². The molecule has 20 heavy (non-hydrogen) atoms. The number of nitrogens with zero attached hydrogens (tertiary/aromatic N) is 3. The van der Waals surface area contributed by atoms with Crippen LogP contribution in [-0.4, -0.2) is 30.6 Å². The fraction of sp³-hybridized carbons (Fsp3) is 0.333. The molecule has 2 aromatic rings. The molecule has 0 unspecified atom stereocenters. The maximum absolute atomic E-state index is 5.71. The van der Waals surface area contributed by atoms with Crippen LogP contribution in [0.15, 0.2) is 36.7 Å². The number of aromatic nitrogens is 2. The second-order valence-corrected chi connectivity index (χ2v) is 4.62. The van der Waals surface area contributed by atoms with Crippen LogP contribution in [-0.2, 0) is 6.54 Å². The van der Waals surface area contributed by atoms with Gasteiger partial charge >= 0.3 is 0 Å². The van der Waals surface area contributed by atoms with E-state index >= 15 is 0 Å². The quantitative estimate of drug-likeness (QED) is 0.875. The van der Waals surface area contributed by atoms with Crippen LogP contribution >= 0.6 is 0 Å². The normalized spacial score (nSPS) is 10.3. The Balaban J connectivity index is 2.04. The van der Waals surface area contributed by atoms with Crippen LogP contribution in [0.5, 0.6) is 11.6 Å². The van der Waals surface area contributed by atoms with Gasteiger partial charge in [0.1, 0.15) is 5.75 Å². The minimum atomic E-state index is 0.501. The Morgan fingerprint density at radius 2 is 2.05 bits per heavy atom. The van der Waals surface area contributed by atoms with Crippen molar-refractivity contribution in [3.8, 4) is 11.6 Å². The summed E-state index contributed by atoms with van der Waals surface area (Å²) in [7, 11) is 3.99. The molecule has 106 valence electrons.